The van der Waals surface area contributed by atoms with Crippen LogP contribution >= 0.6 is 0 Å². The highest BCUT2D eigenvalue weighted by atomic mass is 16.5. The van der Waals surface area contributed by atoms with Crippen LogP contribution in [0, 0.1) is 0 Å². The second-order valence-corrected chi connectivity index (χ2v) is 20.3. The Kier molecular flexibility index (Phi) is 56.1. The van der Waals surface area contributed by atoms with Crippen molar-refractivity contribution in [3.63, 3.8) is 0 Å². The molecule has 0 rings (SSSR count). The fourth-order valence-electron chi connectivity index (χ4n) is 8.87. The molecule has 402 valence electrons. The molecule has 0 aliphatic rings. The molecule has 1 amide bonds. The van der Waals surface area contributed by atoms with Crippen LogP contribution in [0.4, 0.5) is 0 Å². The molecule has 3 N–H and O–H groups in total. The first-order valence-corrected chi connectivity index (χ1v) is 30.1. The van der Waals surface area contributed by atoms with Gasteiger partial charge in [-0.3, -0.25) is 9.59 Å². The quantitative estimate of drug-likeness (QED) is 0.0321. The van der Waals surface area contributed by atoms with E-state index < -0.39 is 12.1 Å². The van der Waals surface area contributed by atoms with Crippen LogP contribution in [0.15, 0.2) is 60.8 Å². The Bertz CT molecular complexity index is 1210. The molecule has 0 aromatic heterocycles. The predicted molar refractivity (Wildman–Crippen MR) is 301 cm³/mol. The summed E-state index contributed by atoms with van der Waals surface area (Å²) in [5.74, 6) is -0.105. The van der Waals surface area contributed by atoms with Gasteiger partial charge in [0.2, 0.25) is 5.91 Å². The minimum atomic E-state index is -0.857. The van der Waals surface area contributed by atoms with Crippen molar-refractivity contribution in [2.24, 2.45) is 0 Å². The second-order valence-electron chi connectivity index (χ2n) is 20.3. The highest BCUT2D eigenvalue weighted by Gasteiger charge is 2.18. The van der Waals surface area contributed by atoms with Gasteiger partial charge in [0.05, 0.1) is 25.4 Å². The van der Waals surface area contributed by atoms with Crippen molar-refractivity contribution in [3.8, 4) is 0 Å². The first-order valence-electron chi connectivity index (χ1n) is 30.1. The Morgan fingerprint density at radius 3 is 1.13 bits per heavy atom. The van der Waals surface area contributed by atoms with E-state index in [1.807, 2.05) is 6.08 Å². The average Bonchev–Trinajstić information content (AvgIpc) is 3.35. The SMILES string of the molecule is CCCCC/C=C\C/C=C\CCCCCCCCCCCC(=O)OCCCCC/C=C\C/C=C\CCCCCCCCCC(=O)NC(CO)C(O)/C=C/CCCCCCCCCCCCCCCC. The topological polar surface area (TPSA) is 95.9 Å². The molecule has 0 aromatic rings. The van der Waals surface area contributed by atoms with Crippen LogP contribution in [0.1, 0.15) is 303 Å². The second kappa shape index (κ2) is 58.1. The maximum atomic E-state index is 12.5. The van der Waals surface area contributed by atoms with Gasteiger partial charge in [0.15, 0.2) is 0 Å². The van der Waals surface area contributed by atoms with E-state index in [2.05, 4.69) is 67.8 Å². The zero-order chi connectivity index (χ0) is 50.0. The molecule has 2 unspecified atom stereocenters. The molecule has 6 heteroatoms. The van der Waals surface area contributed by atoms with E-state index in [1.165, 1.54) is 186 Å². The summed E-state index contributed by atoms with van der Waals surface area (Å²) in [6.07, 6.45) is 75.3. The van der Waals surface area contributed by atoms with Crippen molar-refractivity contribution >= 4 is 11.9 Å². The molecule has 6 nitrogen and oxygen atoms in total. The number of unbranched alkanes of at least 4 members (excludes halogenated alkanes) is 36. The number of aliphatic hydroxyl groups is 2. The number of allylic oxidation sites excluding steroid dienone is 9. The van der Waals surface area contributed by atoms with Crippen LogP contribution in [0.3, 0.4) is 0 Å². The standard InChI is InChI=1S/C63H115NO5/c1-3-5-7-9-11-13-15-17-19-21-22-25-29-33-37-41-45-49-53-57-63(68)69-58-54-50-46-42-38-34-30-26-23-24-28-32-36-40-44-48-52-56-62(67)64-60(59-65)61(66)55-51-47-43-39-35-31-27-20-18-16-14-12-10-8-6-4-2/h11,13,17,19,23,26,34,38,51,55,60-61,65-66H,3-10,12,14-16,18,20-22,24-25,27-33,35-37,39-50,52-54,56-59H2,1-2H3,(H,64,67)/b13-11-,19-17-,26-23-,38-34-,55-51+. The molecule has 2 atom stereocenters. The van der Waals surface area contributed by atoms with Gasteiger partial charge in [0.25, 0.3) is 0 Å². The Balaban J connectivity index is 3.52. The van der Waals surface area contributed by atoms with Gasteiger partial charge in [-0.25, -0.2) is 0 Å². The summed E-state index contributed by atoms with van der Waals surface area (Å²) < 4.78 is 5.47. The lowest BCUT2D eigenvalue weighted by Crippen LogP contribution is -2.45. The minimum absolute atomic E-state index is 0.0208. The van der Waals surface area contributed by atoms with Crippen LogP contribution < -0.4 is 5.32 Å². The zero-order valence-corrected chi connectivity index (χ0v) is 45.8. The molecule has 0 aliphatic carbocycles. The molecule has 0 bridgehead atoms. The normalized spacial score (nSPS) is 13.0. The van der Waals surface area contributed by atoms with Gasteiger partial charge >= 0.3 is 5.97 Å². The van der Waals surface area contributed by atoms with Gasteiger partial charge in [-0.2, -0.15) is 0 Å². The van der Waals surface area contributed by atoms with E-state index in [0.717, 1.165) is 89.9 Å². The number of amides is 1. The van der Waals surface area contributed by atoms with Gasteiger partial charge in [-0.15, -0.1) is 0 Å². The lowest BCUT2D eigenvalue weighted by Gasteiger charge is -2.20. The molecule has 0 spiro atoms. The summed E-state index contributed by atoms with van der Waals surface area (Å²) in [6, 6.07) is -0.642. The smallest absolute Gasteiger partial charge is 0.305 e. The molecule has 0 aromatic carbocycles. The summed E-state index contributed by atoms with van der Waals surface area (Å²) in [5.41, 5.74) is 0. The Morgan fingerprint density at radius 2 is 0.725 bits per heavy atom. The zero-order valence-electron chi connectivity index (χ0n) is 45.8. The molecule has 0 saturated carbocycles. The summed E-state index contributed by atoms with van der Waals surface area (Å²) in [5, 5.41) is 23.1. The number of hydrogen-bond acceptors (Lipinski definition) is 5. The lowest BCUT2D eigenvalue weighted by molar-refractivity contribution is -0.143. The maximum absolute atomic E-state index is 12.5. The van der Waals surface area contributed by atoms with Crippen LogP contribution in [0.25, 0.3) is 0 Å². The molecule has 69 heavy (non-hydrogen) atoms. The van der Waals surface area contributed by atoms with Gasteiger partial charge in [0, 0.05) is 12.8 Å². The number of carbonyl (C=O) groups is 2. The molecular formula is C63H115NO5. The van der Waals surface area contributed by atoms with Crippen molar-refractivity contribution in [1.29, 1.82) is 0 Å². The fourth-order valence-corrected chi connectivity index (χ4v) is 8.87. The van der Waals surface area contributed by atoms with Gasteiger partial charge in [-0.1, -0.05) is 248 Å². The molecule has 0 saturated heterocycles. The average molecular weight is 967 g/mol. The van der Waals surface area contributed by atoms with E-state index in [1.54, 1.807) is 6.08 Å². The monoisotopic (exact) mass is 966 g/mol. The van der Waals surface area contributed by atoms with E-state index in [4.69, 9.17) is 4.74 Å². The van der Waals surface area contributed by atoms with Crippen LogP contribution in [0.2, 0.25) is 0 Å². The summed E-state index contributed by atoms with van der Waals surface area (Å²) in [6.45, 7) is 4.83. The molecule has 0 radical (unpaired) electrons. The minimum Gasteiger partial charge on any atom is -0.466 e. The highest BCUT2D eigenvalue weighted by molar-refractivity contribution is 5.76. The summed E-state index contributed by atoms with van der Waals surface area (Å²) in [7, 11) is 0. The van der Waals surface area contributed by atoms with E-state index in [0.29, 0.717) is 19.4 Å². The van der Waals surface area contributed by atoms with Gasteiger partial charge in [-0.05, 0) is 103 Å². The number of ether oxygens (including phenoxy) is 1. The first kappa shape index (κ1) is 66.6. The van der Waals surface area contributed by atoms with Crippen molar-refractivity contribution in [3.05, 3.63) is 60.8 Å². The van der Waals surface area contributed by atoms with Crippen LogP contribution in [-0.2, 0) is 14.3 Å². The Hall–Kier alpha value is -2.44. The third-order valence-corrected chi connectivity index (χ3v) is 13.5. The number of esters is 1. The number of aliphatic hydroxyl groups excluding tert-OH is 2. The van der Waals surface area contributed by atoms with Crippen molar-refractivity contribution in [2.45, 2.75) is 315 Å². The van der Waals surface area contributed by atoms with Crippen molar-refractivity contribution < 1.29 is 24.5 Å². The molecular weight excluding hydrogens is 851 g/mol. The fraction of sp³-hybridized carbons (Fsp3) is 0.810. The van der Waals surface area contributed by atoms with Crippen molar-refractivity contribution in [1.82, 2.24) is 5.32 Å². The van der Waals surface area contributed by atoms with Gasteiger partial charge < -0.3 is 20.3 Å². The van der Waals surface area contributed by atoms with Crippen molar-refractivity contribution in [2.75, 3.05) is 13.2 Å². The maximum Gasteiger partial charge on any atom is 0.305 e. The third kappa shape index (κ3) is 54.7. The van der Waals surface area contributed by atoms with E-state index >= 15 is 0 Å². The largest absolute Gasteiger partial charge is 0.466 e. The number of nitrogens with one attached hydrogen (secondary N) is 1. The van der Waals surface area contributed by atoms with Crippen LogP contribution in [0.5, 0.6) is 0 Å². The first-order chi connectivity index (χ1) is 34.0. The Labute approximate surface area is 428 Å². The van der Waals surface area contributed by atoms with E-state index in [9.17, 15) is 19.8 Å². The predicted octanol–water partition coefficient (Wildman–Crippen LogP) is 18.7. The number of hydrogen-bond donors (Lipinski definition) is 3. The number of carbonyl (C=O) groups excluding carboxylic acids is 2. The lowest BCUT2D eigenvalue weighted by atomic mass is 10.0. The Morgan fingerprint density at radius 1 is 0.406 bits per heavy atom. The third-order valence-electron chi connectivity index (χ3n) is 13.5. The highest BCUT2D eigenvalue weighted by Crippen LogP contribution is 2.16. The molecule has 0 heterocycles. The van der Waals surface area contributed by atoms with Gasteiger partial charge in [0.1, 0.15) is 0 Å². The van der Waals surface area contributed by atoms with Crippen LogP contribution in [-0.4, -0.2) is 47.4 Å². The molecule has 0 fully saturated rings. The summed E-state index contributed by atoms with van der Waals surface area (Å²) in [4.78, 5) is 24.5. The molecule has 0 aliphatic heterocycles. The summed E-state index contributed by atoms with van der Waals surface area (Å²) >= 11 is 0. The van der Waals surface area contributed by atoms with E-state index in [-0.39, 0.29) is 18.5 Å². The number of rotatable bonds is 55.